The zero-order chi connectivity index (χ0) is 23.8. The molecule has 1 N–H and O–H groups in total. The number of pyridine rings is 1. The fourth-order valence-corrected chi connectivity index (χ4v) is 3.77. The Bertz CT molecular complexity index is 1470. The van der Waals surface area contributed by atoms with Crippen LogP contribution in [0.3, 0.4) is 0 Å². The molecule has 0 aliphatic carbocycles. The Morgan fingerprint density at radius 1 is 1.00 bits per heavy atom. The number of fused-ring (bicyclic) bond motifs is 1. The first kappa shape index (κ1) is 21.6. The second kappa shape index (κ2) is 8.62. The molecule has 0 radical (unpaired) electrons. The van der Waals surface area contributed by atoms with Gasteiger partial charge in [-0.05, 0) is 68.3 Å². The van der Waals surface area contributed by atoms with Gasteiger partial charge in [0.2, 0.25) is 0 Å². The molecule has 34 heavy (non-hydrogen) atoms. The topological polar surface area (TPSA) is 86.3 Å². The third-order valence-corrected chi connectivity index (χ3v) is 5.52. The molecule has 0 atom stereocenters. The molecular weight excluding hydrogens is 438 g/mol. The van der Waals surface area contributed by atoms with Gasteiger partial charge in [0, 0.05) is 11.4 Å². The summed E-state index contributed by atoms with van der Waals surface area (Å²) >= 11 is 0. The van der Waals surface area contributed by atoms with E-state index in [9.17, 15) is 8.78 Å². The number of aromatic nitrogens is 7. The van der Waals surface area contributed by atoms with E-state index < -0.39 is 6.43 Å². The maximum absolute atomic E-state index is 13.2. The summed E-state index contributed by atoms with van der Waals surface area (Å²) in [7, 11) is 0. The lowest BCUT2D eigenvalue weighted by atomic mass is 10.2. The van der Waals surface area contributed by atoms with E-state index in [1.165, 1.54) is 10.7 Å². The molecule has 0 saturated heterocycles. The van der Waals surface area contributed by atoms with E-state index >= 15 is 0 Å². The molecule has 0 amide bonds. The number of hydrogen-bond acceptors (Lipinski definition) is 6. The van der Waals surface area contributed by atoms with Crippen LogP contribution in [-0.4, -0.2) is 34.5 Å². The van der Waals surface area contributed by atoms with Gasteiger partial charge in [-0.3, -0.25) is 4.57 Å². The van der Waals surface area contributed by atoms with Crippen molar-refractivity contribution in [3.8, 4) is 11.6 Å². The Kier molecular flexibility index (Phi) is 5.48. The summed E-state index contributed by atoms with van der Waals surface area (Å²) in [5.74, 6) is 1.79. The average Bonchev–Trinajstić information content (AvgIpc) is 3.43. The van der Waals surface area contributed by atoms with Gasteiger partial charge in [-0.1, -0.05) is 13.0 Å². The zero-order valence-electron chi connectivity index (χ0n) is 18.9. The summed E-state index contributed by atoms with van der Waals surface area (Å²) < 4.78 is 29.7. The predicted molar refractivity (Wildman–Crippen MR) is 125 cm³/mol. The summed E-state index contributed by atoms with van der Waals surface area (Å²) in [4.78, 5) is 9.31. The van der Waals surface area contributed by atoms with Crippen molar-refractivity contribution in [2.24, 2.45) is 0 Å². The molecule has 0 saturated carbocycles. The van der Waals surface area contributed by atoms with Crippen LogP contribution < -0.4 is 5.32 Å². The van der Waals surface area contributed by atoms with E-state index in [1.807, 2.05) is 60.9 Å². The van der Waals surface area contributed by atoms with E-state index in [1.54, 1.807) is 13.3 Å². The minimum atomic E-state index is -2.64. The number of rotatable bonds is 6. The molecule has 0 spiro atoms. The molecular formula is C24H22F2N8. The normalized spacial score (nSPS) is 11.5. The fourth-order valence-electron chi connectivity index (χ4n) is 3.77. The Morgan fingerprint density at radius 3 is 2.56 bits per heavy atom. The highest BCUT2D eigenvalue weighted by atomic mass is 19.3. The van der Waals surface area contributed by atoms with Crippen LogP contribution in [-0.2, 0) is 6.42 Å². The summed E-state index contributed by atoms with van der Waals surface area (Å²) in [6, 6.07) is 14.8. The number of benzene rings is 1. The second-order valence-corrected chi connectivity index (χ2v) is 7.93. The summed E-state index contributed by atoms with van der Waals surface area (Å²) in [5.41, 5.74) is 4.54. The largest absolute Gasteiger partial charge is 0.339 e. The first-order valence-corrected chi connectivity index (χ1v) is 10.8. The molecule has 1 aromatic carbocycles. The first-order valence-electron chi connectivity index (χ1n) is 10.8. The molecule has 4 aromatic heterocycles. The van der Waals surface area contributed by atoms with Crippen LogP contribution in [0.15, 0.2) is 54.9 Å². The van der Waals surface area contributed by atoms with Gasteiger partial charge in [-0.2, -0.15) is 10.2 Å². The molecule has 0 fully saturated rings. The zero-order valence-corrected chi connectivity index (χ0v) is 18.9. The maximum Gasteiger partial charge on any atom is 0.282 e. The van der Waals surface area contributed by atoms with Crippen LogP contribution in [0.4, 0.5) is 20.3 Å². The molecule has 172 valence electrons. The predicted octanol–water partition coefficient (Wildman–Crippen LogP) is 5.26. The van der Waals surface area contributed by atoms with Gasteiger partial charge in [0.1, 0.15) is 17.8 Å². The molecule has 4 heterocycles. The third-order valence-electron chi connectivity index (χ3n) is 5.52. The van der Waals surface area contributed by atoms with Gasteiger partial charge in [-0.15, -0.1) is 5.10 Å². The van der Waals surface area contributed by atoms with E-state index in [0.717, 1.165) is 28.0 Å². The van der Waals surface area contributed by atoms with Crippen molar-refractivity contribution < 1.29 is 8.78 Å². The summed E-state index contributed by atoms with van der Waals surface area (Å²) in [6.45, 7) is 5.62. The van der Waals surface area contributed by atoms with Crippen molar-refractivity contribution in [2.75, 3.05) is 5.32 Å². The summed E-state index contributed by atoms with van der Waals surface area (Å²) in [5, 5.41) is 15.5. The van der Waals surface area contributed by atoms with E-state index in [2.05, 4.69) is 25.6 Å². The number of anilines is 2. The van der Waals surface area contributed by atoms with Crippen LogP contribution in [0, 0.1) is 13.8 Å². The van der Waals surface area contributed by atoms with Crippen LogP contribution in [0.2, 0.25) is 0 Å². The maximum atomic E-state index is 13.2. The molecule has 5 aromatic rings. The van der Waals surface area contributed by atoms with E-state index in [0.29, 0.717) is 29.6 Å². The summed E-state index contributed by atoms with van der Waals surface area (Å²) in [6.07, 6.45) is -0.258. The lowest BCUT2D eigenvalue weighted by Crippen LogP contribution is -2.09. The smallest absolute Gasteiger partial charge is 0.282 e. The average molecular weight is 460 g/mol. The second-order valence-electron chi connectivity index (χ2n) is 7.93. The van der Waals surface area contributed by atoms with Crippen LogP contribution in [0.1, 0.15) is 36.0 Å². The number of hydrogen-bond donors (Lipinski definition) is 1. The number of alkyl halides is 2. The van der Waals surface area contributed by atoms with Gasteiger partial charge in [0.25, 0.3) is 6.43 Å². The minimum absolute atomic E-state index is 0.266. The number of aryl methyl sites for hydroxylation is 3. The number of imidazole rings is 1. The fraction of sp³-hybridized carbons (Fsp3) is 0.208. The molecule has 10 heteroatoms. The Hall–Kier alpha value is -4.21. The lowest BCUT2D eigenvalue weighted by molar-refractivity contribution is 0.145. The molecule has 8 nitrogen and oxygen atoms in total. The van der Waals surface area contributed by atoms with Gasteiger partial charge < -0.3 is 5.32 Å². The Morgan fingerprint density at radius 2 is 1.85 bits per heavy atom. The lowest BCUT2D eigenvalue weighted by Gasteiger charge is -2.12. The van der Waals surface area contributed by atoms with Crippen molar-refractivity contribution >= 4 is 22.5 Å². The molecule has 5 rings (SSSR count). The monoisotopic (exact) mass is 460 g/mol. The van der Waals surface area contributed by atoms with E-state index in [-0.39, 0.29) is 5.69 Å². The highest BCUT2D eigenvalue weighted by Gasteiger charge is 2.18. The standard InChI is InChI=1S/C24H22F2N8/c1-4-16-6-10-22(29-24(16)34-15(3)11-19(32-34)23(25)26)33-13-27-18-12-17(7-8-20(18)33)28-21-9-5-14(2)30-31-21/h5-13,23H,4H2,1-3H3,(H,28,31). The minimum Gasteiger partial charge on any atom is -0.339 e. The Labute approximate surface area is 194 Å². The molecule has 0 unspecified atom stereocenters. The highest BCUT2D eigenvalue weighted by molar-refractivity contribution is 5.82. The number of halogens is 2. The Balaban J connectivity index is 1.52. The van der Waals surface area contributed by atoms with Crippen molar-refractivity contribution in [3.05, 3.63) is 77.5 Å². The van der Waals surface area contributed by atoms with Crippen molar-refractivity contribution in [1.82, 2.24) is 34.5 Å². The van der Waals surface area contributed by atoms with Crippen molar-refractivity contribution in [3.63, 3.8) is 0 Å². The van der Waals surface area contributed by atoms with Crippen LogP contribution in [0.25, 0.3) is 22.7 Å². The first-order chi connectivity index (χ1) is 16.4. The molecule has 0 bridgehead atoms. The van der Waals surface area contributed by atoms with Crippen LogP contribution >= 0.6 is 0 Å². The molecule has 0 aliphatic rings. The third kappa shape index (κ3) is 3.98. The number of nitrogens with one attached hydrogen (secondary N) is 1. The number of nitrogens with zero attached hydrogens (tertiary/aromatic N) is 7. The quantitative estimate of drug-likeness (QED) is 0.372. The SMILES string of the molecule is CCc1ccc(-n2cnc3cc(Nc4ccc(C)nn4)ccc32)nc1-n1nc(C(F)F)cc1C. The van der Waals surface area contributed by atoms with E-state index in [4.69, 9.17) is 4.98 Å². The van der Waals surface area contributed by atoms with Gasteiger partial charge >= 0.3 is 0 Å². The van der Waals surface area contributed by atoms with Crippen molar-refractivity contribution in [1.29, 1.82) is 0 Å². The van der Waals surface area contributed by atoms with Gasteiger partial charge in [0.15, 0.2) is 11.6 Å². The highest BCUT2D eigenvalue weighted by Crippen LogP contribution is 2.26. The molecule has 0 aliphatic heterocycles. The van der Waals surface area contributed by atoms with Gasteiger partial charge in [0.05, 0.1) is 16.7 Å². The van der Waals surface area contributed by atoms with Crippen LogP contribution in [0.5, 0.6) is 0 Å². The van der Waals surface area contributed by atoms with Crippen molar-refractivity contribution in [2.45, 2.75) is 33.6 Å². The van der Waals surface area contributed by atoms with Gasteiger partial charge in [-0.25, -0.2) is 23.4 Å².